The monoisotopic (exact) mass is 558 g/mol. The number of benzene rings is 2. The van der Waals surface area contributed by atoms with Gasteiger partial charge in [-0.3, -0.25) is 14.4 Å². The zero-order valence-corrected chi connectivity index (χ0v) is 23.3. The van der Waals surface area contributed by atoms with E-state index < -0.39 is 35.6 Å². The minimum absolute atomic E-state index is 0.132. The highest BCUT2D eigenvalue weighted by atomic mass is 16.6. The number of carbonyl (C=O) groups excluding carboxylic acids is 3. The minimum Gasteiger partial charge on any atom is -0.465 e. The normalized spacial score (nSPS) is 30.5. The van der Waals surface area contributed by atoms with E-state index >= 15 is 0 Å². The number of rotatable bonds is 7. The van der Waals surface area contributed by atoms with E-state index in [1.54, 1.807) is 9.80 Å². The van der Waals surface area contributed by atoms with E-state index in [-0.39, 0.29) is 18.4 Å². The predicted octanol–water partition coefficient (Wildman–Crippen LogP) is 4.16. The van der Waals surface area contributed by atoms with Gasteiger partial charge in [0.25, 0.3) is 5.91 Å². The van der Waals surface area contributed by atoms with Gasteiger partial charge < -0.3 is 24.4 Å². The fourth-order valence-corrected chi connectivity index (χ4v) is 6.98. The van der Waals surface area contributed by atoms with Crippen LogP contribution in [0.15, 0.2) is 66.8 Å². The summed E-state index contributed by atoms with van der Waals surface area (Å²) in [6.45, 7) is 1.16. The summed E-state index contributed by atoms with van der Waals surface area (Å²) in [4.78, 5) is 45.7. The van der Waals surface area contributed by atoms with Crippen molar-refractivity contribution in [3.05, 3.63) is 66.8 Å². The largest absolute Gasteiger partial charge is 0.465 e. The number of hydrogen-bond acceptors (Lipinski definition) is 6. The molecular formula is C33H38N2O6. The number of fused-ring (bicyclic) bond motifs is 3. The zero-order chi connectivity index (χ0) is 28.4. The third-order valence-electron chi connectivity index (χ3n) is 8.95. The Kier molecular flexibility index (Phi) is 7.95. The first-order valence-corrected chi connectivity index (χ1v) is 15.0. The number of hydrogen-bond donors (Lipinski definition) is 1. The molecule has 0 radical (unpaired) electrons. The second-order valence-electron chi connectivity index (χ2n) is 11.5. The van der Waals surface area contributed by atoms with Gasteiger partial charge in [-0.05, 0) is 55.0 Å². The van der Waals surface area contributed by atoms with E-state index in [4.69, 9.17) is 9.47 Å². The maximum absolute atomic E-state index is 14.6. The molecule has 8 heteroatoms. The highest BCUT2D eigenvalue weighted by Gasteiger charge is 2.71. The van der Waals surface area contributed by atoms with Crippen molar-refractivity contribution in [2.45, 2.75) is 62.7 Å². The van der Waals surface area contributed by atoms with Crippen molar-refractivity contribution in [2.75, 3.05) is 31.2 Å². The molecule has 6 rings (SSSR count). The van der Waals surface area contributed by atoms with Crippen LogP contribution in [0.25, 0.3) is 10.8 Å². The van der Waals surface area contributed by atoms with Gasteiger partial charge in [-0.2, -0.15) is 0 Å². The van der Waals surface area contributed by atoms with Gasteiger partial charge in [0.15, 0.2) is 0 Å². The molecule has 0 aliphatic carbocycles. The van der Waals surface area contributed by atoms with Crippen molar-refractivity contribution < 1.29 is 29.0 Å². The summed E-state index contributed by atoms with van der Waals surface area (Å²) in [5.74, 6) is -2.54. The topological polar surface area (TPSA) is 96.4 Å². The molecule has 4 heterocycles. The number of likely N-dealkylation sites (tertiary alicyclic amines) is 1. The van der Waals surface area contributed by atoms with E-state index in [2.05, 4.69) is 0 Å². The van der Waals surface area contributed by atoms with Crippen LogP contribution in [-0.4, -0.2) is 71.8 Å². The second kappa shape index (κ2) is 11.8. The van der Waals surface area contributed by atoms with E-state index in [9.17, 15) is 19.5 Å². The molecule has 0 aromatic heterocycles. The molecule has 0 bridgehead atoms. The van der Waals surface area contributed by atoms with Gasteiger partial charge in [0.1, 0.15) is 17.6 Å². The number of carbonyl (C=O) groups is 3. The first kappa shape index (κ1) is 27.7. The summed E-state index contributed by atoms with van der Waals surface area (Å²) in [5, 5.41) is 11.3. The third-order valence-corrected chi connectivity index (χ3v) is 8.95. The lowest BCUT2D eigenvalue weighted by Gasteiger charge is -2.35. The maximum atomic E-state index is 14.6. The average molecular weight is 559 g/mol. The number of anilines is 1. The van der Waals surface area contributed by atoms with Crippen LogP contribution in [0.2, 0.25) is 0 Å². The number of allylic oxidation sites excluding steroid dienone is 1. The van der Waals surface area contributed by atoms with Gasteiger partial charge in [-0.15, -0.1) is 0 Å². The van der Waals surface area contributed by atoms with E-state index in [0.29, 0.717) is 32.5 Å². The van der Waals surface area contributed by atoms with Crippen molar-refractivity contribution in [3.8, 4) is 0 Å². The van der Waals surface area contributed by atoms with Crippen molar-refractivity contribution in [2.24, 2.45) is 11.8 Å². The average Bonchev–Trinajstić information content (AvgIpc) is 3.36. The van der Waals surface area contributed by atoms with Crippen molar-refractivity contribution >= 4 is 34.2 Å². The molecule has 0 saturated carbocycles. The first-order chi connectivity index (χ1) is 20.0. The van der Waals surface area contributed by atoms with Crippen molar-refractivity contribution in [3.63, 3.8) is 0 Å². The van der Waals surface area contributed by atoms with Crippen LogP contribution in [-0.2, 0) is 23.9 Å². The van der Waals surface area contributed by atoms with E-state index in [0.717, 1.165) is 48.6 Å². The third kappa shape index (κ3) is 4.97. The maximum Gasteiger partial charge on any atom is 0.312 e. The SMILES string of the molecule is O=C1OCCCC/C=C\[C@H]2O[C@]34C=CCN(c5ccc6ccccc6c5)C(=O)C3N(CCCCCCO)C(=O)[C@@H]4[C@@H]12. The number of aliphatic hydroxyl groups is 1. The molecule has 2 saturated heterocycles. The van der Waals surface area contributed by atoms with Crippen molar-refractivity contribution in [1.29, 1.82) is 0 Å². The highest BCUT2D eigenvalue weighted by Crippen LogP contribution is 2.53. The Bertz CT molecular complexity index is 1370. The molecule has 1 N–H and O–H groups in total. The molecule has 8 nitrogen and oxygen atoms in total. The number of esters is 1. The van der Waals surface area contributed by atoms with Crippen LogP contribution in [0.4, 0.5) is 5.69 Å². The Hall–Kier alpha value is -3.49. The van der Waals surface area contributed by atoms with Gasteiger partial charge >= 0.3 is 5.97 Å². The predicted molar refractivity (Wildman–Crippen MR) is 155 cm³/mol. The summed E-state index contributed by atoms with van der Waals surface area (Å²) in [7, 11) is 0. The molecule has 1 spiro atoms. The summed E-state index contributed by atoms with van der Waals surface area (Å²) in [5.41, 5.74) is -0.511. The molecule has 2 fully saturated rings. The molecule has 4 aliphatic heterocycles. The smallest absolute Gasteiger partial charge is 0.312 e. The molecule has 41 heavy (non-hydrogen) atoms. The number of cyclic esters (lactones) is 1. The lowest BCUT2D eigenvalue weighted by atomic mass is 9.78. The van der Waals surface area contributed by atoms with Crippen LogP contribution >= 0.6 is 0 Å². The fourth-order valence-electron chi connectivity index (χ4n) is 6.98. The Morgan fingerprint density at radius 2 is 1.76 bits per heavy atom. The van der Waals surface area contributed by atoms with Gasteiger partial charge in [0.2, 0.25) is 5.91 Å². The van der Waals surface area contributed by atoms with Crippen LogP contribution in [0, 0.1) is 11.8 Å². The molecule has 1 unspecified atom stereocenters. The number of nitrogens with zero attached hydrogens (tertiary/aromatic N) is 2. The number of ether oxygens (including phenoxy) is 2. The molecule has 2 aromatic rings. The van der Waals surface area contributed by atoms with Gasteiger partial charge in [0, 0.05) is 25.4 Å². The fraction of sp³-hybridized carbons (Fsp3) is 0.485. The quantitative estimate of drug-likeness (QED) is 0.312. The Morgan fingerprint density at radius 3 is 2.61 bits per heavy atom. The highest BCUT2D eigenvalue weighted by molar-refractivity contribution is 6.06. The second-order valence-corrected chi connectivity index (χ2v) is 11.5. The van der Waals surface area contributed by atoms with E-state index in [1.807, 2.05) is 66.8 Å². The molecular weight excluding hydrogens is 520 g/mol. The summed E-state index contributed by atoms with van der Waals surface area (Å²) in [6.07, 6.45) is 12.6. The Balaban J connectivity index is 1.39. The minimum atomic E-state index is -1.27. The summed E-state index contributed by atoms with van der Waals surface area (Å²) >= 11 is 0. The molecule has 5 atom stereocenters. The lowest BCUT2D eigenvalue weighted by Crippen LogP contribution is -2.55. The Labute approximate surface area is 240 Å². The van der Waals surface area contributed by atoms with Crippen LogP contribution in [0.5, 0.6) is 0 Å². The van der Waals surface area contributed by atoms with Crippen LogP contribution in [0.3, 0.4) is 0 Å². The summed E-state index contributed by atoms with van der Waals surface area (Å²) < 4.78 is 12.4. The number of aliphatic hydroxyl groups excluding tert-OH is 1. The molecule has 2 amide bonds. The van der Waals surface area contributed by atoms with Crippen molar-refractivity contribution in [1.82, 2.24) is 4.90 Å². The number of amides is 2. The summed E-state index contributed by atoms with van der Waals surface area (Å²) in [6, 6.07) is 13.1. The van der Waals surface area contributed by atoms with Crippen LogP contribution in [0.1, 0.15) is 44.9 Å². The van der Waals surface area contributed by atoms with E-state index in [1.165, 1.54) is 0 Å². The van der Waals surface area contributed by atoms with Gasteiger partial charge in [-0.25, -0.2) is 0 Å². The van der Waals surface area contributed by atoms with Gasteiger partial charge in [-0.1, -0.05) is 67.5 Å². The molecule has 2 aromatic carbocycles. The lowest BCUT2D eigenvalue weighted by molar-refractivity contribution is -0.154. The molecule has 216 valence electrons. The van der Waals surface area contributed by atoms with Gasteiger partial charge in [0.05, 0.1) is 18.6 Å². The number of unbranched alkanes of at least 4 members (excludes halogenated alkanes) is 3. The standard InChI is InChI=1S/C33H38N2O6/c36-20-9-3-2-8-18-35-29-31(38)34(25-16-15-23-12-6-7-13-24(23)22-25)19-11-17-33(29)28(30(35)37)27-26(41-33)14-5-1-4-10-21-40-32(27)39/h5-7,11-17,22,26-29,36H,1-4,8-10,18-21H2/b14-5-/t26-,27+,28+,29?,33+/m1/s1. The first-order valence-electron chi connectivity index (χ1n) is 15.0. The Morgan fingerprint density at radius 1 is 0.927 bits per heavy atom. The molecule has 4 aliphatic rings. The zero-order valence-electron chi connectivity index (χ0n) is 23.3. The van der Waals surface area contributed by atoms with Crippen LogP contribution < -0.4 is 4.90 Å².